The lowest BCUT2D eigenvalue weighted by Crippen LogP contribution is -2.21. The molecule has 1 aliphatic carbocycles. The minimum Gasteiger partial charge on any atom is -0.299 e. The summed E-state index contributed by atoms with van der Waals surface area (Å²) in [5, 5.41) is 0.0231. The molecular weight excluding hydrogens is 265 g/mol. The van der Waals surface area contributed by atoms with Gasteiger partial charge in [0.2, 0.25) is 0 Å². The van der Waals surface area contributed by atoms with Crippen molar-refractivity contribution in [1.29, 1.82) is 0 Å². The molecule has 1 aliphatic rings. The van der Waals surface area contributed by atoms with Crippen molar-refractivity contribution in [2.24, 2.45) is 0 Å². The van der Waals surface area contributed by atoms with E-state index in [2.05, 4.69) is 0 Å². The van der Waals surface area contributed by atoms with E-state index < -0.39 is 11.7 Å². The molecule has 18 heavy (non-hydrogen) atoms. The van der Waals surface area contributed by atoms with Gasteiger partial charge in [-0.05, 0) is 30.5 Å². The van der Waals surface area contributed by atoms with Gasteiger partial charge in [0, 0.05) is 11.4 Å². The molecule has 0 saturated heterocycles. The first kappa shape index (κ1) is 13.4. The first-order valence-electron chi connectivity index (χ1n) is 5.66. The van der Waals surface area contributed by atoms with Crippen molar-refractivity contribution in [2.45, 2.75) is 31.9 Å². The summed E-state index contributed by atoms with van der Waals surface area (Å²) >= 11 is 5.60. The first-order chi connectivity index (χ1) is 8.39. The zero-order valence-electron chi connectivity index (χ0n) is 9.48. The second-order valence-corrected chi connectivity index (χ2v) is 4.73. The van der Waals surface area contributed by atoms with Crippen LogP contribution in [0.1, 0.15) is 36.8 Å². The van der Waals surface area contributed by atoms with Crippen LogP contribution in [0.25, 0.3) is 0 Å². The molecule has 1 aromatic rings. The standard InChI is InChI=1S/C13H11ClF3O/c14-8-5-6-9(11(7-8)13(15,16)17)10-3-1-2-4-12(10)18/h5-7H,1-4H2. The predicted molar refractivity (Wildman–Crippen MR) is 62.3 cm³/mol. The van der Waals surface area contributed by atoms with E-state index >= 15 is 0 Å². The van der Waals surface area contributed by atoms with Crippen molar-refractivity contribution in [1.82, 2.24) is 0 Å². The van der Waals surface area contributed by atoms with E-state index in [4.69, 9.17) is 11.6 Å². The van der Waals surface area contributed by atoms with Gasteiger partial charge in [-0.2, -0.15) is 13.2 Å². The molecule has 1 radical (unpaired) electrons. The molecule has 0 atom stereocenters. The fourth-order valence-corrected chi connectivity index (χ4v) is 2.35. The number of carbonyl (C=O) groups is 1. The van der Waals surface area contributed by atoms with Crippen LogP contribution in [-0.4, -0.2) is 5.78 Å². The molecule has 1 saturated carbocycles. The number of alkyl halides is 3. The van der Waals surface area contributed by atoms with E-state index in [0.29, 0.717) is 12.8 Å². The lowest BCUT2D eigenvalue weighted by molar-refractivity contribution is -0.138. The molecule has 0 N–H and O–H groups in total. The van der Waals surface area contributed by atoms with Crippen LogP contribution in [0.3, 0.4) is 0 Å². The summed E-state index contributed by atoms with van der Waals surface area (Å²) in [5.74, 6) is 0.0966. The molecule has 1 fully saturated rings. The monoisotopic (exact) mass is 275 g/mol. The summed E-state index contributed by atoms with van der Waals surface area (Å²) in [6, 6.07) is 3.57. The third-order valence-electron chi connectivity index (χ3n) is 3.03. The lowest BCUT2D eigenvalue weighted by Gasteiger charge is -2.23. The number of ketones is 1. The SMILES string of the molecule is O=C1CCCC[C]1c1ccc(Cl)cc1C(F)(F)F. The minimum atomic E-state index is -4.50. The smallest absolute Gasteiger partial charge is 0.299 e. The molecule has 0 aliphatic heterocycles. The molecular formula is C13H11ClF3O. The third-order valence-corrected chi connectivity index (χ3v) is 3.26. The molecule has 0 heterocycles. The number of halogens is 4. The van der Waals surface area contributed by atoms with Crippen LogP contribution in [-0.2, 0) is 11.0 Å². The van der Waals surface area contributed by atoms with E-state index in [9.17, 15) is 18.0 Å². The summed E-state index contributed by atoms with van der Waals surface area (Å²) in [5.41, 5.74) is -0.836. The fraction of sp³-hybridized carbons (Fsp3) is 0.385. The predicted octanol–water partition coefficient (Wildman–Crippen LogP) is 4.42. The molecule has 0 unspecified atom stereocenters. The summed E-state index contributed by atoms with van der Waals surface area (Å²) in [7, 11) is 0. The van der Waals surface area contributed by atoms with Gasteiger partial charge in [-0.1, -0.05) is 24.1 Å². The molecule has 0 aromatic heterocycles. The molecule has 1 aromatic carbocycles. The Balaban J connectivity index is 2.46. The van der Waals surface area contributed by atoms with Gasteiger partial charge in [0.1, 0.15) is 5.78 Å². The van der Waals surface area contributed by atoms with Crippen LogP contribution in [0.15, 0.2) is 18.2 Å². The second-order valence-electron chi connectivity index (χ2n) is 4.30. The van der Waals surface area contributed by atoms with E-state index in [1.807, 2.05) is 0 Å². The maximum absolute atomic E-state index is 12.9. The van der Waals surface area contributed by atoms with E-state index in [-0.39, 0.29) is 22.3 Å². The van der Waals surface area contributed by atoms with Crippen LogP contribution in [0.5, 0.6) is 0 Å². The summed E-state index contributed by atoms with van der Waals surface area (Å²) in [6.45, 7) is 0. The van der Waals surface area contributed by atoms with Gasteiger partial charge in [-0.3, -0.25) is 4.79 Å². The zero-order chi connectivity index (χ0) is 13.3. The molecule has 1 nitrogen and oxygen atoms in total. The van der Waals surface area contributed by atoms with Gasteiger partial charge in [0.25, 0.3) is 0 Å². The number of hydrogen-bond donors (Lipinski definition) is 0. The Hall–Kier alpha value is -1.03. The van der Waals surface area contributed by atoms with E-state index in [1.54, 1.807) is 0 Å². The lowest BCUT2D eigenvalue weighted by atomic mass is 9.81. The van der Waals surface area contributed by atoms with E-state index in [1.165, 1.54) is 12.1 Å². The normalized spacial score (nSPS) is 18.1. The van der Waals surface area contributed by atoms with Crippen LogP contribution < -0.4 is 0 Å². The number of benzene rings is 1. The average Bonchev–Trinajstić information content (AvgIpc) is 2.29. The highest BCUT2D eigenvalue weighted by Gasteiger charge is 2.37. The Labute approximate surface area is 108 Å². The van der Waals surface area contributed by atoms with Crippen molar-refractivity contribution in [3.8, 4) is 0 Å². The molecule has 0 spiro atoms. The number of Topliss-reactive ketones (excluding diaryl/α,β-unsaturated/α-hetero) is 1. The molecule has 0 amide bonds. The summed E-state index contributed by atoms with van der Waals surface area (Å²) < 4.78 is 38.8. The van der Waals surface area contributed by atoms with Gasteiger partial charge < -0.3 is 0 Å². The Morgan fingerprint density at radius 3 is 2.39 bits per heavy atom. The Bertz CT molecular complexity index is 468. The number of rotatable bonds is 1. The molecule has 2 rings (SSSR count). The summed E-state index contributed by atoms with van der Waals surface area (Å²) in [4.78, 5) is 11.7. The maximum Gasteiger partial charge on any atom is 0.416 e. The summed E-state index contributed by atoms with van der Waals surface area (Å²) in [6.07, 6.45) is -2.26. The maximum atomic E-state index is 12.9. The third kappa shape index (κ3) is 2.69. The van der Waals surface area contributed by atoms with Gasteiger partial charge in [0.15, 0.2) is 0 Å². The van der Waals surface area contributed by atoms with E-state index in [0.717, 1.165) is 18.9 Å². The second kappa shape index (κ2) is 4.92. The molecule has 0 bridgehead atoms. The highest BCUT2D eigenvalue weighted by molar-refractivity contribution is 6.30. The van der Waals surface area contributed by atoms with Gasteiger partial charge in [-0.15, -0.1) is 0 Å². The Kier molecular flexibility index (Phi) is 3.66. The first-order valence-corrected chi connectivity index (χ1v) is 6.03. The van der Waals surface area contributed by atoms with Crippen molar-refractivity contribution >= 4 is 17.4 Å². The Morgan fingerprint density at radius 2 is 1.78 bits per heavy atom. The zero-order valence-corrected chi connectivity index (χ0v) is 10.2. The van der Waals surface area contributed by atoms with Gasteiger partial charge in [-0.25, -0.2) is 0 Å². The molecule has 5 heteroatoms. The minimum absolute atomic E-state index is 0.0170. The number of hydrogen-bond acceptors (Lipinski definition) is 1. The molecule has 97 valence electrons. The largest absolute Gasteiger partial charge is 0.416 e. The number of carbonyl (C=O) groups excluding carboxylic acids is 1. The van der Waals surface area contributed by atoms with Crippen LogP contribution in [0.2, 0.25) is 5.02 Å². The fourth-order valence-electron chi connectivity index (χ4n) is 2.18. The highest BCUT2D eigenvalue weighted by atomic mass is 35.5. The average molecular weight is 276 g/mol. The van der Waals surface area contributed by atoms with Crippen LogP contribution in [0, 0.1) is 5.92 Å². The van der Waals surface area contributed by atoms with Crippen LogP contribution >= 0.6 is 11.6 Å². The quantitative estimate of drug-likeness (QED) is 0.741. The highest BCUT2D eigenvalue weighted by Crippen LogP contribution is 2.39. The van der Waals surface area contributed by atoms with Crippen LogP contribution in [0.4, 0.5) is 13.2 Å². The van der Waals surface area contributed by atoms with Gasteiger partial charge in [0.05, 0.1) is 11.5 Å². The van der Waals surface area contributed by atoms with Crippen molar-refractivity contribution in [3.63, 3.8) is 0 Å². The van der Waals surface area contributed by atoms with Gasteiger partial charge >= 0.3 is 6.18 Å². The Morgan fingerprint density at radius 1 is 1.11 bits per heavy atom. The van der Waals surface area contributed by atoms with Crippen molar-refractivity contribution < 1.29 is 18.0 Å². The topological polar surface area (TPSA) is 17.1 Å². The van der Waals surface area contributed by atoms with Crippen molar-refractivity contribution in [2.75, 3.05) is 0 Å². The van der Waals surface area contributed by atoms with Crippen molar-refractivity contribution in [3.05, 3.63) is 40.3 Å².